The number of nitriles is 1. The molecule has 2 heterocycles. The van der Waals surface area contributed by atoms with Crippen molar-refractivity contribution in [2.45, 2.75) is 25.8 Å². The Morgan fingerprint density at radius 2 is 2.38 bits per heavy atom. The number of hydrogen-bond acceptors (Lipinski definition) is 5. The van der Waals surface area contributed by atoms with E-state index < -0.39 is 0 Å². The van der Waals surface area contributed by atoms with E-state index in [4.69, 9.17) is 9.78 Å². The normalized spacial score (nSPS) is 18.8. The lowest BCUT2D eigenvalue weighted by Gasteiger charge is -2.16. The molecule has 3 rings (SSSR count). The largest absolute Gasteiger partial charge is 0.339 e. The van der Waals surface area contributed by atoms with Gasteiger partial charge in [0.1, 0.15) is 5.82 Å². The molecule has 108 valence electrons. The topological polar surface area (TPSA) is 66.0 Å². The van der Waals surface area contributed by atoms with E-state index >= 15 is 0 Å². The van der Waals surface area contributed by atoms with E-state index in [9.17, 15) is 4.39 Å². The summed E-state index contributed by atoms with van der Waals surface area (Å²) in [5, 5.41) is 12.9. The molecule has 1 aromatic heterocycles. The first-order chi connectivity index (χ1) is 10.2. The molecule has 0 N–H and O–H groups in total. The van der Waals surface area contributed by atoms with Crippen molar-refractivity contribution in [2.24, 2.45) is 0 Å². The molecule has 0 spiro atoms. The molecule has 1 aliphatic heterocycles. The smallest absolute Gasteiger partial charge is 0.231 e. The van der Waals surface area contributed by atoms with Gasteiger partial charge in [0.15, 0.2) is 5.82 Å². The minimum atomic E-state index is -0.313. The number of aromatic nitrogens is 2. The highest BCUT2D eigenvalue weighted by molar-refractivity contribution is 5.37. The van der Waals surface area contributed by atoms with Gasteiger partial charge >= 0.3 is 0 Å². The van der Waals surface area contributed by atoms with Crippen molar-refractivity contribution >= 4 is 0 Å². The molecule has 1 aliphatic rings. The number of nitrogens with zero attached hydrogens (tertiary/aromatic N) is 4. The lowest BCUT2D eigenvalue weighted by Crippen LogP contribution is -2.20. The molecule has 0 unspecified atom stereocenters. The highest BCUT2D eigenvalue weighted by atomic mass is 19.1. The summed E-state index contributed by atoms with van der Waals surface area (Å²) in [5.41, 5.74) is 1.24. The summed E-state index contributed by atoms with van der Waals surface area (Å²) in [5.74, 6) is 1.20. The summed E-state index contributed by atoms with van der Waals surface area (Å²) in [6, 6.07) is 6.38. The van der Waals surface area contributed by atoms with Crippen LogP contribution in [0, 0.1) is 24.1 Å². The van der Waals surface area contributed by atoms with Gasteiger partial charge in [-0.05, 0) is 43.7 Å². The predicted molar refractivity (Wildman–Crippen MR) is 72.8 cm³/mol. The summed E-state index contributed by atoms with van der Waals surface area (Å²) in [7, 11) is 0. The Balaban J connectivity index is 1.70. The van der Waals surface area contributed by atoms with E-state index in [0.717, 1.165) is 25.1 Å². The average Bonchev–Trinajstić information content (AvgIpc) is 3.08. The standard InChI is InChI=1S/C15H15FN4O/c1-10-18-15(21-19-10)12-4-5-20(8-12)9-13-6-14(16)3-2-11(13)7-17/h2-3,6,12H,4-5,8-9H2,1H3/t12-/m0/s1. The van der Waals surface area contributed by atoms with Crippen LogP contribution in [0.25, 0.3) is 0 Å². The van der Waals surface area contributed by atoms with Gasteiger partial charge < -0.3 is 4.52 Å². The molecule has 5 nitrogen and oxygen atoms in total. The molecule has 6 heteroatoms. The van der Waals surface area contributed by atoms with Crippen molar-refractivity contribution in [3.05, 3.63) is 46.9 Å². The maximum absolute atomic E-state index is 13.3. The molecule has 0 radical (unpaired) electrons. The van der Waals surface area contributed by atoms with Crippen LogP contribution in [0.15, 0.2) is 22.7 Å². The Bertz CT molecular complexity index is 691. The third kappa shape index (κ3) is 2.93. The monoisotopic (exact) mass is 286 g/mol. The number of rotatable bonds is 3. The van der Waals surface area contributed by atoms with E-state index in [1.54, 1.807) is 6.92 Å². The predicted octanol–water partition coefficient (Wildman–Crippen LogP) is 2.38. The molecule has 0 saturated carbocycles. The minimum absolute atomic E-state index is 0.213. The number of hydrogen-bond donors (Lipinski definition) is 0. The summed E-state index contributed by atoms with van der Waals surface area (Å²) in [6.07, 6.45) is 0.929. The van der Waals surface area contributed by atoms with Gasteiger partial charge in [-0.3, -0.25) is 4.90 Å². The van der Waals surface area contributed by atoms with Crippen molar-refractivity contribution in [1.29, 1.82) is 5.26 Å². The molecular weight excluding hydrogens is 271 g/mol. The van der Waals surface area contributed by atoms with Gasteiger partial charge in [-0.2, -0.15) is 10.2 Å². The second-order valence-electron chi connectivity index (χ2n) is 5.31. The fraction of sp³-hybridized carbons (Fsp3) is 0.400. The van der Waals surface area contributed by atoms with Gasteiger partial charge in [0, 0.05) is 13.1 Å². The van der Waals surface area contributed by atoms with E-state index in [1.807, 2.05) is 0 Å². The maximum Gasteiger partial charge on any atom is 0.231 e. The molecule has 2 aromatic rings. The zero-order chi connectivity index (χ0) is 14.8. The van der Waals surface area contributed by atoms with Gasteiger partial charge in [-0.1, -0.05) is 5.16 Å². The van der Waals surface area contributed by atoms with E-state index in [1.165, 1.54) is 18.2 Å². The van der Waals surface area contributed by atoms with Crippen LogP contribution in [0.3, 0.4) is 0 Å². The van der Waals surface area contributed by atoms with Crippen molar-refractivity contribution < 1.29 is 8.91 Å². The highest BCUT2D eigenvalue weighted by Gasteiger charge is 2.28. The Morgan fingerprint density at radius 1 is 1.52 bits per heavy atom. The lowest BCUT2D eigenvalue weighted by molar-refractivity contribution is 0.308. The molecule has 21 heavy (non-hydrogen) atoms. The Labute approximate surface area is 122 Å². The molecule has 1 saturated heterocycles. The fourth-order valence-electron chi connectivity index (χ4n) is 2.70. The van der Waals surface area contributed by atoms with Gasteiger partial charge in [-0.25, -0.2) is 4.39 Å². The Hall–Kier alpha value is -2.26. The highest BCUT2D eigenvalue weighted by Crippen LogP contribution is 2.27. The average molecular weight is 286 g/mol. The third-order valence-electron chi connectivity index (χ3n) is 3.75. The van der Waals surface area contributed by atoms with Crippen molar-refractivity contribution in [1.82, 2.24) is 15.0 Å². The maximum atomic E-state index is 13.3. The van der Waals surface area contributed by atoms with Crippen LogP contribution in [0.2, 0.25) is 0 Å². The molecule has 1 aromatic carbocycles. The molecule has 0 bridgehead atoms. The summed E-state index contributed by atoms with van der Waals surface area (Å²) in [6.45, 7) is 4.01. The first kappa shape index (κ1) is 13.7. The van der Waals surface area contributed by atoms with Crippen LogP contribution >= 0.6 is 0 Å². The van der Waals surface area contributed by atoms with Gasteiger partial charge in [-0.15, -0.1) is 0 Å². The Morgan fingerprint density at radius 3 is 3.10 bits per heavy atom. The van der Waals surface area contributed by atoms with Crippen LogP contribution in [0.1, 0.15) is 35.2 Å². The van der Waals surface area contributed by atoms with Crippen LogP contribution in [-0.4, -0.2) is 28.1 Å². The second-order valence-corrected chi connectivity index (χ2v) is 5.31. The first-order valence-corrected chi connectivity index (χ1v) is 6.87. The molecule has 0 amide bonds. The summed E-state index contributed by atoms with van der Waals surface area (Å²) >= 11 is 0. The SMILES string of the molecule is Cc1noc([C@H]2CCN(Cc3cc(F)ccc3C#N)C2)n1. The molecular formula is C15H15FN4O. The van der Waals surface area contributed by atoms with E-state index in [0.29, 0.717) is 23.8 Å². The van der Waals surface area contributed by atoms with E-state index in [2.05, 4.69) is 21.1 Å². The lowest BCUT2D eigenvalue weighted by atomic mass is 10.1. The summed E-state index contributed by atoms with van der Waals surface area (Å²) < 4.78 is 18.6. The molecule has 1 atom stereocenters. The number of aryl methyl sites for hydroxylation is 1. The first-order valence-electron chi connectivity index (χ1n) is 6.87. The number of halogens is 1. The van der Waals surface area contributed by atoms with Crippen LogP contribution in [0.4, 0.5) is 4.39 Å². The fourth-order valence-corrected chi connectivity index (χ4v) is 2.70. The van der Waals surface area contributed by atoms with E-state index in [-0.39, 0.29) is 11.7 Å². The number of benzene rings is 1. The van der Waals surface area contributed by atoms with Gasteiger partial charge in [0.25, 0.3) is 0 Å². The summed E-state index contributed by atoms with van der Waals surface area (Å²) in [4.78, 5) is 6.45. The van der Waals surface area contributed by atoms with Crippen LogP contribution < -0.4 is 0 Å². The molecule has 0 aliphatic carbocycles. The van der Waals surface area contributed by atoms with Crippen molar-refractivity contribution in [3.63, 3.8) is 0 Å². The van der Waals surface area contributed by atoms with Crippen molar-refractivity contribution in [2.75, 3.05) is 13.1 Å². The van der Waals surface area contributed by atoms with Gasteiger partial charge in [0.05, 0.1) is 17.6 Å². The zero-order valence-corrected chi connectivity index (χ0v) is 11.7. The second kappa shape index (κ2) is 5.62. The molecule has 1 fully saturated rings. The number of likely N-dealkylation sites (tertiary alicyclic amines) is 1. The zero-order valence-electron chi connectivity index (χ0n) is 11.7. The van der Waals surface area contributed by atoms with Crippen LogP contribution in [-0.2, 0) is 6.54 Å². The third-order valence-corrected chi connectivity index (χ3v) is 3.75. The van der Waals surface area contributed by atoms with Crippen molar-refractivity contribution in [3.8, 4) is 6.07 Å². The van der Waals surface area contributed by atoms with Gasteiger partial charge in [0.2, 0.25) is 5.89 Å². The minimum Gasteiger partial charge on any atom is -0.339 e. The van der Waals surface area contributed by atoms with Crippen LogP contribution in [0.5, 0.6) is 0 Å². The Kier molecular flexibility index (Phi) is 3.67. The quantitative estimate of drug-likeness (QED) is 0.866.